The van der Waals surface area contributed by atoms with Gasteiger partial charge in [0.15, 0.2) is 5.58 Å². The van der Waals surface area contributed by atoms with Crippen molar-refractivity contribution in [2.75, 3.05) is 4.90 Å². The van der Waals surface area contributed by atoms with Gasteiger partial charge in [-0.05, 0) is 100 Å². The molecule has 1 aliphatic rings. The Morgan fingerprint density at radius 3 is 2.16 bits per heavy atom. The molecule has 10 rings (SSSR count). The van der Waals surface area contributed by atoms with Gasteiger partial charge in [0.1, 0.15) is 16.7 Å². The molecule has 4 nitrogen and oxygen atoms in total. The van der Waals surface area contributed by atoms with E-state index in [0.29, 0.717) is 5.89 Å². The highest BCUT2D eigenvalue weighted by Gasteiger charge is 2.24. The van der Waals surface area contributed by atoms with E-state index < -0.39 is 0 Å². The maximum Gasteiger partial charge on any atom is 0.231 e. The Hall–Kier alpha value is -6.39. The summed E-state index contributed by atoms with van der Waals surface area (Å²) in [7, 11) is 0. The molecule has 0 bridgehead atoms. The predicted molar refractivity (Wildman–Crippen MR) is 202 cm³/mol. The summed E-state index contributed by atoms with van der Waals surface area (Å²) in [6, 6.07) is 51.2. The van der Waals surface area contributed by atoms with Crippen LogP contribution in [0, 0.1) is 0 Å². The number of nitrogens with zero attached hydrogens (tertiary/aromatic N) is 2. The highest BCUT2D eigenvalue weighted by atomic mass is 16.4. The molecule has 0 radical (unpaired) electrons. The molecule has 4 heteroatoms. The van der Waals surface area contributed by atoms with Gasteiger partial charge in [-0.2, -0.15) is 0 Å². The van der Waals surface area contributed by atoms with Gasteiger partial charge < -0.3 is 13.7 Å². The fourth-order valence-electron chi connectivity index (χ4n) is 7.33. The van der Waals surface area contributed by atoms with E-state index in [2.05, 4.69) is 138 Å². The zero-order chi connectivity index (χ0) is 32.3. The number of allylic oxidation sites excluding steroid dienone is 1. The van der Waals surface area contributed by atoms with Crippen LogP contribution in [0.1, 0.15) is 17.5 Å². The van der Waals surface area contributed by atoms with E-state index in [1.807, 2.05) is 24.3 Å². The quantitative estimate of drug-likeness (QED) is 0.190. The zero-order valence-electron chi connectivity index (χ0n) is 26.6. The first-order chi connectivity index (χ1) is 24.3. The Morgan fingerprint density at radius 1 is 0.551 bits per heavy atom. The summed E-state index contributed by atoms with van der Waals surface area (Å²) < 4.78 is 13.2. The molecule has 0 saturated heterocycles. The highest BCUT2D eigenvalue weighted by Crippen LogP contribution is 2.45. The largest absolute Gasteiger partial charge is 0.455 e. The van der Waals surface area contributed by atoms with Gasteiger partial charge in [-0.25, -0.2) is 4.98 Å². The molecular weight excluding hydrogens is 601 g/mol. The van der Waals surface area contributed by atoms with Crippen molar-refractivity contribution in [3.63, 3.8) is 0 Å². The van der Waals surface area contributed by atoms with Crippen molar-refractivity contribution in [2.24, 2.45) is 0 Å². The number of aromatic nitrogens is 1. The fourth-order valence-corrected chi connectivity index (χ4v) is 7.33. The summed E-state index contributed by atoms with van der Waals surface area (Å²) in [6.45, 7) is 0. The lowest BCUT2D eigenvalue weighted by atomic mass is 9.90. The van der Waals surface area contributed by atoms with Crippen LogP contribution in [0.25, 0.3) is 72.5 Å². The number of aryl methyl sites for hydroxylation is 1. The van der Waals surface area contributed by atoms with Crippen LogP contribution in [0.3, 0.4) is 0 Å². The average molecular weight is 631 g/mol. The third-order valence-electron chi connectivity index (χ3n) is 9.73. The summed E-state index contributed by atoms with van der Waals surface area (Å²) in [5.41, 5.74) is 12.1. The van der Waals surface area contributed by atoms with Gasteiger partial charge in [0, 0.05) is 33.9 Å². The summed E-state index contributed by atoms with van der Waals surface area (Å²) in [6.07, 6.45) is 6.40. The van der Waals surface area contributed by atoms with Crippen LogP contribution in [0.5, 0.6) is 0 Å². The first-order valence-electron chi connectivity index (χ1n) is 16.8. The van der Waals surface area contributed by atoms with Crippen LogP contribution in [0.4, 0.5) is 17.1 Å². The third kappa shape index (κ3) is 4.64. The molecule has 9 aromatic rings. The Kier molecular flexibility index (Phi) is 6.28. The van der Waals surface area contributed by atoms with E-state index in [1.165, 1.54) is 27.5 Å². The van der Waals surface area contributed by atoms with Crippen molar-refractivity contribution in [1.82, 2.24) is 4.98 Å². The normalized spacial score (nSPS) is 12.7. The van der Waals surface area contributed by atoms with Crippen molar-refractivity contribution in [1.29, 1.82) is 0 Å². The number of anilines is 3. The van der Waals surface area contributed by atoms with E-state index in [0.717, 1.165) is 74.1 Å². The van der Waals surface area contributed by atoms with Gasteiger partial charge >= 0.3 is 0 Å². The fraction of sp³-hybridized carbons (Fsp3) is 0.0444. The highest BCUT2D eigenvalue weighted by molar-refractivity contribution is 6.12. The summed E-state index contributed by atoms with van der Waals surface area (Å²) in [4.78, 5) is 7.23. The lowest BCUT2D eigenvalue weighted by Crippen LogP contribution is -2.09. The Labute approximate surface area is 283 Å². The van der Waals surface area contributed by atoms with Crippen molar-refractivity contribution >= 4 is 66.9 Å². The summed E-state index contributed by atoms with van der Waals surface area (Å²) in [5, 5.41) is 4.56. The summed E-state index contributed by atoms with van der Waals surface area (Å²) >= 11 is 0. The van der Waals surface area contributed by atoms with E-state index >= 15 is 0 Å². The van der Waals surface area contributed by atoms with Crippen molar-refractivity contribution < 1.29 is 8.83 Å². The van der Waals surface area contributed by atoms with Crippen LogP contribution < -0.4 is 4.90 Å². The Balaban J connectivity index is 1.17. The second-order valence-corrected chi connectivity index (χ2v) is 12.7. The monoisotopic (exact) mass is 630 g/mol. The summed E-state index contributed by atoms with van der Waals surface area (Å²) in [5.74, 6) is 0.588. The van der Waals surface area contributed by atoms with E-state index in [9.17, 15) is 0 Å². The lowest BCUT2D eigenvalue weighted by Gasteiger charge is -2.26. The topological polar surface area (TPSA) is 42.4 Å². The zero-order valence-corrected chi connectivity index (χ0v) is 26.6. The molecule has 2 heterocycles. The molecule has 0 aliphatic heterocycles. The van der Waals surface area contributed by atoms with Crippen LogP contribution >= 0.6 is 0 Å². The predicted octanol–water partition coefficient (Wildman–Crippen LogP) is 12.6. The molecule has 0 N–H and O–H groups in total. The molecule has 0 unspecified atom stereocenters. The first-order valence-corrected chi connectivity index (χ1v) is 16.8. The minimum absolute atomic E-state index is 0.588. The van der Waals surface area contributed by atoms with Crippen LogP contribution in [0.2, 0.25) is 0 Å². The van der Waals surface area contributed by atoms with E-state index in [1.54, 1.807) is 0 Å². The number of hydrogen-bond donors (Lipinski definition) is 0. The molecule has 0 atom stereocenters. The van der Waals surface area contributed by atoms with Gasteiger partial charge in [0.25, 0.3) is 0 Å². The number of benzene rings is 7. The lowest BCUT2D eigenvalue weighted by molar-refractivity contribution is 0.614. The molecule has 7 aromatic carbocycles. The van der Waals surface area contributed by atoms with E-state index in [4.69, 9.17) is 13.8 Å². The number of hydrogen-bond acceptors (Lipinski definition) is 4. The minimum atomic E-state index is 0.588. The van der Waals surface area contributed by atoms with Gasteiger partial charge in [0.2, 0.25) is 5.89 Å². The molecule has 2 aromatic heterocycles. The standard InChI is InChI=1S/C45H30N2O2/c1-2-10-29(11-3-1)31-18-21-34(22-19-31)47(35-23-20-30-12-4-5-13-32(30)26-35)36-24-25-38-39-27-33-14-6-7-15-37(33)43(44(39)48-42(38)28-36)45-46-40-16-8-9-17-41(40)49-45/h1-5,7-13,15-28H,6,14H2. The van der Waals surface area contributed by atoms with Crippen molar-refractivity contribution in [3.05, 3.63) is 163 Å². The molecular formula is C45H30N2O2. The maximum absolute atomic E-state index is 6.85. The third-order valence-corrected chi connectivity index (χ3v) is 9.73. The molecule has 0 amide bonds. The van der Waals surface area contributed by atoms with Gasteiger partial charge in [-0.15, -0.1) is 0 Å². The van der Waals surface area contributed by atoms with E-state index in [-0.39, 0.29) is 0 Å². The number of rotatable bonds is 5. The van der Waals surface area contributed by atoms with Crippen molar-refractivity contribution in [3.8, 4) is 22.6 Å². The molecule has 232 valence electrons. The second kappa shape index (κ2) is 11.1. The van der Waals surface area contributed by atoms with Gasteiger partial charge in [0.05, 0.1) is 5.56 Å². The minimum Gasteiger partial charge on any atom is -0.455 e. The number of oxazole rings is 1. The number of para-hydroxylation sites is 2. The number of furan rings is 1. The first kappa shape index (κ1) is 27.7. The molecule has 1 aliphatic carbocycles. The molecule has 49 heavy (non-hydrogen) atoms. The maximum atomic E-state index is 6.85. The van der Waals surface area contributed by atoms with Crippen molar-refractivity contribution in [2.45, 2.75) is 12.8 Å². The van der Waals surface area contributed by atoms with Crippen LogP contribution in [0.15, 0.2) is 161 Å². The smallest absolute Gasteiger partial charge is 0.231 e. The average Bonchev–Trinajstić information content (AvgIpc) is 3.75. The molecule has 0 fully saturated rings. The van der Waals surface area contributed by atoms with Gasteiger partial charge in [-0.3, -0.25) is 0 Å². The Bertz CT molecular complexity index is 2680. The molecule has 0 saturated carbocycles. The number of fused-ring (bicyclic) bond motifs is 6. The molecule has 0 spiro atoms. The van der Waals surface area contributed by atoms with Crippen LogP contribution in [-0.2, 0) is 6.42 Å². The second-order valence-electron chi connectivity index (χ2n) is 12.7. The van der Waals surface area contributed by atoms with Crippen LogP contribution in [-0.4, -0.2) is 4.98 Å². The van der Waals surface area contributed by atoms with Gasteiger partial charge in [-0.1, -0.05) is 97.1 Å². The SMILES string of the molecule is C1=Cc2c(cc3c(oc4cc(N(c5ccc(-c6ccccc6)cc5)c5ccc6ccccc6c5)ccc43)c2-c2nc3ccccc3o2)CC1. The Morgan fingerprint density at radius 2 is 1.29 bits per heavy atom.